The molecule has 2 N–H and O–H groups in total. The average molecular weight is 376 g/mol. The highest BCUT2D eigenvalue weighted by Gasteiger charge is 2.40. The molecule has 0 aromatic carbocycles. The third-order valence-electron chi connectivity index (χ3n) is 5.67. The van der Waals surface area contributed by atoms with Gasteiger partial charge in [0, 0.05) is 30.8 Å². The molecule has 0 bridgehead atoms. The van der Waals surface area contributed by atoms with Crippen molar-refractivity contribution < 1.29 is 9.59 Å². The molecule has 2 saturated heterocycles. The van der Waals surface area contributed by atoms with Crippen molar-refractivity contribution in [2.24, 2.45) is 17.6 Å². The fraction of sp³-hybridized carbons (Fsp3) is 0.882. The van der Waals surface area contributed by atoms with Gasteiger partial charge in [-0.3, -0.25) is 9.59 Å². The zero-order chi connectivity index (χ0) is 16.4. The molecule has 2 heterocycles. The maximum atomic E-state index is 13.0. The van der Waals surface area contributed by atoms with Gasteiger partial charge in [0.2, 0.25) is 11.8 Å². The molecule has 3 aliphatic rings. The van der Waals surface area contributed by atoms with Gasteiger partial charge in [-0.15, -0.1) is 24.2 Å². The minimum Gasteiger partial charge on any atom is -0.341 e. The van der Waals surface area contributed by atoms with Crippen molar-refractivity contribution in [2.75, 3.05) is 24.7 Å². The second-order valence-corrected chi connectivity index (χ2v) is 8.35. The molecule has 0 radical (unpaired) electrons. The van der Waals surface area contributed by atoms with E-state index in [1.165, 1.54) is 0 Å². The Morgan fingerprint density at radius 2 is 1.83 bits per heavy atom. The Morgan fingerprint density at radius 1 is 1.12 bits per heavy atom. The van der Waals surface area contributed by atoms with Crippen LogP contribution in [-0.2, 0) is 9.59 Å². The Hall–Kier alpha value is -0.460. The lowest BCUT2D eigenvalue weighted by Gasteiger charge is -2.37. The van der Waals surface area contributed by atoms with E-state index in [0.29, 0.717) is 11.8 Å². The first-order chi connectivity index (χ1) is 11.1. The van der Waals surface area contributed by atoms with Crippen LogP contribution >= 0.6 is 24.2 Å². The van der Waals surface area contributed by atoms with E-state index in [4.69, 9.17) is 5.73 Å². The van der Waals surface area contributed by atoms with Crippen LogP contribution in [0.4, 0.5) is 0 Å². The summed E-state index contributed by atoms with van der Waals surface area (Å²) in [5.41, 5.74) is 6.03. The number of amides is 2. The smallest absolute Gasteiger partial charge is 0.246 e. The molecule has 2 amide bonds. The Bertz CT molecular complexity index is 457. The molecule has 1 aliphatic carbocycles. The number of likely N-dealkylation sites (tertiary alicyclic amines) is 1. The van der Waals surface area contributed by atoms with Gasteiger partial charge < -0.3 is 15.5 Å². The molecule has 3 fully saturated rings. The van der Waals surface area contributed by atoms with Gasteiger partial charge in [-0.2, -0.15) is 0 Å². The van der Waals surface area contributed by atoms with E-state index >= 15 is 0 Å². The van der Waals surface area contributed by atoms with Crippen molar-refractivity contribution in [3.05, 3.63) is 0 Å². The number of nitrogens with two attached hydrogens (primary N) is 1. The summed E-state index contributed by atoms with van der Waals surface area (Å²) in [6.45, 7) is 3.60. The van der Waals surface area contributed by atoms with Crippen molar-refractivity contribution in [2.45, 2.75) is 57.5 Å². The van der Waals surface area contributed by atoms with Gasteiger partial charge in [0.25, 0.3) is 0 Å². The largest absolute Gasteiger partial charge is 0.341 e. The molecular formula is C17H30ClN3O2S. The normalized spacial score (nSPS) is 29.4. The molecule has 138 valence electrons. The lowest BCUT2D eigenvalue weighted by molar-refractivity contribution is -0.146. The lowest BCUT2D eigenvalue weighted by Crippen LogP contribution is -2.53. The second kappa shape index (κ2) is 8.77. The topological polar surface area (TPSA) is 66.6 Å². The van der Waals surface area contributed by atoms with Gasteiger partial charge in [0.15, 0.2) is 0 Å². The molecule has 3 atom stereocenters. The monoisotopic (exact) mass is 375 g/mol. The number of halogens is 1. The van der Waals surface area contributed by atoms with E-state index in [1.807, 2.05) is 16.7 Å². The Kier molecular flexibility index (Phi) is 7.25. The fourth-order valence-corrected chi connectivity index (χ4v) is 5.28. The third-order valence-corrected chi connectivity index (χ3v) is 6.68. The summed E-state index contributed by atoms with van der Waals surface area (Å²) in [7, 11) is 0. The standard InChI is InChI=1S/C17H29N3O2S.ClH/c1-12(18)14-7-4-8-19(9-14)17(22)15-10-23-11-20(15)16(21)13-5-2-3-6-13;/h12-15H,2-11,18H2,1H3;1H. The first-order valence-corrected chi connectivity index (χ1v) is 10.2. The molecule has 0 aromatic heterocycles. The molecule has 0 spiro atoms. The number of carbonyl (C=O) groups is 2. The maximum Gasteiger partial charge on any atom is 0.246 e. The number of piperidine rings is 1. The Balaban J connectivity index is 0.00000208. The van der Waals surface area contributed by atoms with E-state index in [-0.39, 0.29) is 42.2 Å². The van der Waals surface area contributed by atoms with Crippen molar-refractivity contribution in [3.63, 3.8) is 0 Å². The molecule has 1 saturated carbocycles. The molecule has 24 heavy (non-hydrogen) atoms. The molecule has 2 aliphatic heterocycles. The number of rotatable bonds is 3. The molecule has 0 aromatic rings. The molecule has 7 heteroatoms. The van der Waals surface area contributed by atoms with Crippen molar-refractivity contribution in [1.29, 1.82) is 0 Å². The van der Waals surface area contributed by atoms with Crippen LogP contribution in [0, 0.1) is 11.8 Å². The summed E-state index contributed by atoms with van der Waals surface area (Å²) >= 11 is 1.71. The van der Waals surface area contributed by atoms with Gasteiger partial charge in [0.1, 0.15) is 6.04 Å². The molecule has 3 unspecified atom stereocenters. The first kappa shape index (κ1) is 19.9. The second-order valence-electron chi connectivity index (χ2n) is 7.35. The number of nitrogens with zero attached hydrogens (tertiary/aromatic N) is 2. The van der Waals surface area contributed by atoms with E-state index in [1.54, 1.807) is 11.8 Å². The highest BCUT2D eigenvalue weighted by Crippen LogP contribution is 2.32. The summed E-state index contributed by atoms with van der Waals surface area (Å²) in [6, 6.07) is -0.125. The number of hydrogen-bond acceptors (Lipinski definition) is 4. The van der Waals surface area contributed by atoms with Crippen LogP contribution in [0.2, 0.25) is 0 Å². The van der Waals surface area contributed by atoms with E-state index in [2.05, 4.69) is 0 Å². The summed E-state index contributed by atoms with van der Waals surface area (Å²) in [5.74, 6) is 2.33. The average Bonchev–Trinajstić information content (AvgIpc) is 3.25. The summed E-state index contributed by atoms with van der Waals surface area (Å²) in [4.78, 5) is 29.5. The number of hydrogen-bond donors (Lipinski definition) is 1. The van der Waals surface area contributed by atoms with Gasteiger partial charge >= 0.3 is 0 Å². The lowest BCUT2D eigenvalue weighted by atomic mass is 9.92. The van der Waals surface area contributed by atoms with Crippen molar-refractivity contribution in [3.8, 4) is 0 Å². The van der Waals surface area contributed by atoms with Crippen LogP contribution in [0.25, 0.3) is 0 Å². The van der Waals surface area contributed by atoms with Crippen molar-refractivity contribution in [1.82, 2.24) is 9.80 Å². The van der Waals surface area contributed by atoms with E-state index in [9.17, 15) is 9.59 Å². The fourth-order valence-electron chi connectivity index (χ4n) is 4.12. The van der Waals surface area contributed by atoms with Gasteiger partial charge in [-0.1, -0.05) is 12.8 Å². The quantitative estimate of drug-likeness (QED) is 0.820. The van der Waals surface area contributed by atoms with Crippen LogP contribution in [0.3, 0.4) is 0 Å². The zero-order valence-electron chi connectivity index (χ0n) is 14.5. The maximum absolute atomic E-state index is 13.0. The van der Waals surface area contributed by atoms with E-state index < -0.39 is 0 Å². The van der Waals surface area contributed by atoms with Crippen LogP contribution < -0.4 is 5.73 Å². The molecular weight excluding hydrogens is 346 g/mol. The summed E-state index contributed by atoms with van der Waals surface area (Å²) < 4.78 is 0. The predicted octanol–water partition coefficient (Wildman–Crippen LogP) is 2.09. The van der Waals surface area contributed by atoms with Gasteiger partial charge in [0.05, 0.1) is 5.88 Å². The first-order valence-electron chi connectivity index (χ1n) is 9.00. The number of thioether (sulfide) groups is 1. The zero-order valence-corrected chi connectivity index (χ0v) is 16.1. The SMILES string of the molecule is CC(N)C1CCCN(C(=O)C2CSCN2C(=O)C2CCCC2)C1.Cl. The van der Waals surface area contributed by atoms with E-state index in [0.717, 1.165) is 57.4 Å². The molecule has 3 rings (SSSR count). The minimum atomic E-state index is -0.250. The van der Waals surface area contributed by atoms with Gasteiger partial charge in [-0.25, -0.2) is 0 Å². The van der Waals surface area contributed by atoms with Crippen LogP contribution in [-0.4, -0.2) is 58.4 Å². The highest BCUT2D eigenvalue weighted by molar-refractivity contribution is 7.99. The van der Waals surface area contributed by atoms with Crippen LogP contribution in [0.5, 0.6) is 0 Å². The third kappa shape index (κ3) is 4.20. The summed E-state index contributed by atoms with van der Waals surface area (Å²) in [6.07, 6.45) is 6.42. The minimum absolute atomic E-state index is 0. The number of carbonyl (C=O) groups excluding carboxylic acids is 2. The molecule has 5 nitrogen and oxygen atoms in total. The van der Waals surface area contributed by atoms with Gasteiger partial charge in [-0.05, 0) is 38.5 Å². The van der Waals surface area contributed by atoms with Crippen LogP contribution in [0.1, 0.15) is 45.4 Å². The van der Waals surface area contributed by atoms with Crippen LogP contribution in [0.15, 0.2) is 0 Å². The Labute approximate surface area is 155 Å². The predicted molar refractivity (Wildman–Crippen MR) is 100 cm³/mol. The van der Waals surface area contributed by atoms with Crippen molar-refractivity contribution >= 4 is 36.0 Å². The Morgan fingerprint density at radius 3 is 2.50 bits per heavy atom. The summed E-state index contributed by atoms with van der Waals surface area (Å²) in [5, 5.41) is 0. The highest BCUT2D eigenvalue weighted by atomic mass is 35.5.